The Labute approximate surface area is 157 Å². The maximum absolute atomic E-state index is 13.4. The second-order valence-electron chi connectivity index (χ2n) is 6.55. The van der Waals surface area contributed by atoms with Crippen molar-refractivity contribution in [2.45, 2.75) is 33.4 Å². The predicted molar refractivity (Wildman–Crippen MR) is 101 cm³/mol. The molecular formula is C20H23FN4O2. The number of aryl methyl sites for hydroxylation is 1. The third-order valence-corrected chi connectivity index (χ3v) is 4.63. The lowest BCUT2D eigenvalue weighted by Crippen LogP contribution is -2.34. The smallest absolute Gasteiger partial charge is 0.256 e. The molecule has 1 aliphatic rings. The molecule has 0 radical (unpaired) electrons. The summed E-state index contributed by atoms with van der Waals surface area (Å²) < 4.78 is 13.4. The number of rotatable bonds is 7. The van der Waals surface area contributed by atoms with E-state index in [4.69, 9.17) is 0 Å². The van der Waals surface area contributed by atoms with Crippen LogP contribution in [0.15, 0.2) is 30.3 Å². The predicted octanol–water partition coefficient (Wildman–Crippen LogP) is 2.62. The number of nitrogens with one attached hydrogen (secondary N) is 2. The van der Waals surface area contributed by atoms with Crippen LogP contribution in [0.4, 0.5) is 10.2 Å². The normalized spacial score (nSPS) is 12.9. The fourth-order valence-electron chi connectivity index (χ4n) is 2.99. The van der Waals surface area contributed by atoms with Crippen molar-refractivity contribution in [1.29, 1.82) is 0 Å². The fourth-order valence-corrected chi connectivity index (χ4v) is 2.99. The van der Waals surface area contributed by atoms with Gasteiger partial charge in [0.2, 0.25) is 5.91 Å². The Morgan fingerprint density at radius 2 is 2.11 bits per heavy atom. The van der Waals surface area contributed by atoms with Gasteiger partial charge in [0.05, 0.1) is 17.8 Å². The van der Waals surface area contributed by atoms with Crippen molar-refractivity contribution in [1.82, 2.24) is 15.2 Å². The Morgan fingerprint density at radius 3 is 2.89 bits per heavy atom. The van der Waals surface area contributed by atoms with Crippen LogP contribution in [0.5, 0.6) is 0 Å². The van der Waals surface area contributed by atoms with E-state index in [2.05, 4.69) is 15.6 Å². The molecule has 2 N–H and O–H groups in total. The lowest BCUT2D eigenvalue weighted by atomic mass is 10.1. The van der Waals surface area contributed by atoms with Crippen LogP contribution in [0.2, 0.25) is 0 Å². The standard InChI is InChI=1S/C20H23FN4O2/c1-3-19(26)22-8-9-25-12-17-16(20(25)27)6-7-18(24-17)23-11-14-10-15(21)5-4-13(14)2/h4-7,10H,3,8-9,11-12H2,1-2H3,(H,22,26)(H,23,24). The molecular weight excluding hydrogens is 347 g/mol. The second-order valence-corrected chi connectivity index (χ2v) is 6.55. The van der Waals surface area contributed by atoms with Gasteiger partial charge in [0.25, 0.3) is 5.91 Å². The van der Waals surface area contributed by atoms with Gasteiger partial charge < -0.3 is 15.5 Å². The van der Waals surface area contributed by atoms with E-state index in [0.717, 1.165) is 11.1 Å². The van der Waals surface area contributed by atoms with E-state index >= 15 is 0 Å². The zero-order valence-corrected chi connectivity index (χ0v) is 15.5. The first-order valence-corrected chi connectivity index (χ1v) is 9.02. The minimum atomic E-state index is -0.268. The Balaban J connectivity index is 1.61. The number of aromatic nitrogens is 1. The largest absolute Gasteiger partial charge is 0.366 e. The second kappa shape index (κ2) is 8.16. The topological polar surface area (TPSA) is 74.3 Å². The van der Waals surface area contributed by atoms with Gasteiger partial charge in [-0.2, -0.15) is 0 Å². The van der Waals surface area contributed by atoms with Crippen LogP contribution in [0.1, 0.15) is 40.5 Å². The summed E-state index contributed by atoms with van der Waals surface area (Å²) in [5, 5.41) is 5.96. The Hall–Kier alpha value is -2.96. The molecule has 6 nitrogen and oxygen atoms in total. The summed E-state index contributed by atoms with van der Waals surface area (Å²) in [6, 6.07) is 8.21. The zero-order valence-electron chi connectivity index (χ0n) is 15.5. The molecule has 0 unspecified atom stereocenters. The first-order chi connectivity index (χ1) is 13.0. The van der Waals surface area contributed by atoms with E-state index in [0.29, 0.717) is 49.7 Å². The summed E-state index contributed by atoms with van der Waals surface area (Å²) >= 11 is 0. The van der Waals surface area contributed by atoms with E-state index in [1.807, 2.05) is 6.92 Å². The van der Waals surface area contributed by atoms with Gasteiger partial charge in [-0.1, -0.05) is 13.0 Å². The number of nitrogens with zero attached hydrogens (tertiary/aromatic N) is 2. The third-order valence-electron chi connectivity index (χ3n) is 4.63. The first kappa shape index (κ1) is 18.8. The van der Waals surface area contributed by atoms with Gasteiger partial charge >= 0.3 is 0 Å². The fraction of sp³-hybridized carbons (Fsp3) is 0.350. The van der Waals surface area contributed by atoms with E-state index in [9.17, 15) is 14.0 Å². The van der Waals surface area contributed by atoms with Crippen LogP contribution in [-0.4, -0.2) is 34.8 Å². The molecule has 7 heteroatoms. The van der Waals surface area contributed by atoms with Crippen molar-refractivity contribution in [2.75, 3.05) is 18.4 Å². The molecule has 0 saturated carbocycles. The number of amides is 2. The van der Waals surface area contributed by atoms with Crippen molar-refractivity contribution in [3.8, 4) is 0 Å². The van der Waals surface area contributed by atoms with Gasteiger partial charge in [0, 0.05) is 26.1 Å². The van der Waals surface area contributed by atoms with Gasteiger partial charge in [0.1, 0.15) is 11.6 Å². The molecule has 0 saturated heterocycles. The number of benzene rings is 1. The lowest BCUT2D eigenvalue weighted by Gasteiger charge is -2.15. The minimum Gasteiger partial charge on any atom is -0.366 e. The molecule has 0 spiro atoms. The quantitative estimate of drug-likeness (QED) is 0.786. The molecule has 2 amide bonds. The molecule has 27 heavy (non-hydrogen) atoms. The van der Waals surface area contributed by atoms with Crippen LogP contribution in [0.3, 0.4) is 0 Å². The highest BCUT2D eigenvalue weighted by Gasteiger charge is 2.28. The summed E-state index contributed by atoms with van der Waals surface area (Å²) in [5.74, 6) is 0.272. The molecule has 0 aliphatic carbocycles. The molecule has 1 aromatic heterocycles. The van der Waals surface area contributed by atoms with Gasteiger partial charge in [0.15, 0.2) is 0 Å². The molecule has 1 aromatic carbocycles. The first-order valence-electron chi connectivity index (χ1n) is 9.02. The summed E-state index contributed by atoms with van der Waals surface area (Å²) in [6.07, 6.45) is 0.426. The SMILES string of the molecule is CCC(=O)NCCN1Cc2nc(NCc3cc(F)ccc3C)ccc2C1=O. The van der Waals surface area contributed by atoms with Crippen LogP contribution in [-0.2, 0) is 17.9 Å². The summed E-state index contributed by atoms with van der Waals surface area (Å²) in [6.45, 7) is 5.47. The highest BCUT2D eigenvalue weighted by Crippen LogP contribution is 2.23. The Morgan fingerprint density at radius 1 is 1.30 bits per heavy atom. The Kier molecular flexibility index (Phi) is 5.69. The monoisotopic (exact) mass is 370 g/mol. The van der Waals surface area contributed by atoms with Crippen molar-refractivity contribution in [3.63, 3.8) is 0 Å². The maximum Gasteiger partial charge on any atom is 0.256 e. The van der Waals surface area contributed by atoms with Crippen molar-refractivity contribution in [3.05, 3.63) is 58.5 Å². The van der Waals surface area contributed by atoms with Gasteiger partial charge in [-0.25, -0.2) is 9.37 Å². The minimum absolute atomic E-state index is 0.0311. The lowest BCUT2D eigenvalue weighted by molar-refractivity contribution is -0.120. The number of hydrogen-bond donors (Lipinski definition) is 2. The zero-order chi connectivity index (χ0) is 19.4. The van der Waals surface area contributed by atoms with Gasteiger partial charge in [-0.15, -0.1) is 0 Å². The molecule has 142 valence electrons. The highest BCUT2D eigenvalue weighted by molar-refractivity contribution is 5.98. The maximum atomic E-state index is 13.4. The van der Waals surface area contributed by atoms with Crippen LogP contribution in [0, 0.1) is 12.7 Å². The number of fused-ring (bicyclic) bond motifs is 1. The molecule has 0 bridgehead atoms. The average molecular weight is 370 g/mol. The van der Waals surface area contributed by atoms with E-state index < -0.39 is 0 Å². The van der Waals surface area contributed by atoms with E-state index in [1.54, 1.807) is 30.0 Å². The number of anilines is 1. The molecule has 3 rings (SSSR count). The van der Waals surface area contributed by atoms with Crippen molar-refractivity contribution < 1.29 is 14.0 Å². The van der Waals surface area contributed by atoms with E-state index in [-0.39, 0.29) is 17.6 Å². The average Bonchev–Trinajstić information content (AvgIpc) is 2.97. The van der Waals surface area contributed by atoms with Crippen LogP contribution < -0.4 is 10.6 Å². The highest BCUT2D eigenvalue weighted by atomic mass is 19.1. The number of carbonyl (C=O) groups excluding carboxylic acids is 2. The molecule has 2 aromatic rings. The molecule has 0 fully saturated rings. The van der Waals surface area contributed by atoms with Gasteiger partial charge in [-0.05, 0) is 42.3 Å². The number of halogens is 1. The molecule has 1 aliphatic heterocycles. The molecule has 2 heterocycles. The van der Waals surface area contributed by atoms with Crippen LogP contribution >= 0.6 is 0 Å². The summed E-state index contributed by atoms with van der Waals surface area (Å²) in [4.78, 5) is 29.9. The van der Waals surface area contributed by atoms with E-state index in [1.165, 1.54) is 12.1 Å². The van der Waals surface area contributed by atoms with Crippen molar-refractivity contribution in [2.24, 2.45) is 0 Å². The van der Waals surface area contributed by atoms with Crippen LogP contribution in [0.25, 0.3) is 0 Å². The number of carbonyl (C=O) groups is 2. The number of pyridine rings is 1. The third kappa shape index (κ3) is 4.42. The van der Waals surface area contributed by atoms with Crippen molar-refractivity contribution >= 4 is 17.6 Å². The van der Waals surface area contributed by atoms with Gasteiger partial charge in [-0.3, -0.25) is 9.59 Å². The number of hydrogen-bond acceptors (Lipinski definition) is 4. The summed E-state index contributed by atoms with van der Waals surface area (Å²) in [5.41, 5.74) is 3.16. The molecule has 0 atom stereocenters. The Bertz CT molecular complexity index is 869. The summed E-state index contributed by atoms with van der Waals surface area (Å²) in [7, 11) is 0.